The summed E-state index contributed by atoms with van der Waals surface area (Å²) >= 11 is 0. The fraction of sp³-hybridized carbons (Fsp3) is 0.364. The lowest BCUT2D eigenvalue weighted by Crippen LogP contribution is -2.24. The van der Waals surface area contributed by atoms with E-state index in [9.17, 15) is 13.2 Å². The third-order valence-corrected chi connectivity index (χ3v) is 3.49. The Bertz CT molecular complexity index is 714. The van der Waals surface area contributed by atoms with Gasteiger partial charge in [-0.05, 0) is 25.1 Å². The monoisotopic (exact) mass is 270 g/mol. The van der Waals surface area contributed by atoms with E-state index in [1.807, 2.05) is 0 Å². The highest BCUT2D eigenvalue weighted by atomic mass is 32.2. The molecule has 2 rings (SSSR count). The molecule has 0 aliphatic heterocycles. The lowest BCUT2D eigenvalue weighted by atomic mass is 10.2. The van der Waals surface area contributed by atoms with Crippen molar-refractivity contribution in [2.24, 2.45) is 0 Å². The number of hydrogen-bond donors (Lipinski definition) is 2. The summed E-state index contributed by atoms with van der Waals surface area (Å²) in [5, 5.41) is 3.06. The molecule has 2 aromatic rings. The number of aromatic nitrogens is 1. The van der Waals surface area contributed by atoms with E-state index in [1.54, 1.807) is 25.1 Å². The van der Waals surface area contributed by atoms with Gasteiger partial charge in [-0.15, -0.1) is 0 Å². The van der Waals surface area contributed by atoms with E-state index < -0.39 is 15.6 Å². The Kier molecular flexibility index (Phi) is 3.16. The molecule has 6 nitrogen and oxygen atoms in total. The first kappa shape index (κ1) is 12.7. The molecule has 0 amide bonds. The molecule has 98 valence electrons. The normalized spacial score (nSPS) is 13.7. The minimum atomic E-state index is -3.02. The maximum atomic E-state index is 11.1. The van der Waals surface area contributed by atoms with Gasteiger partial charge in [0.2, 0.25) is 0 Å². The molecule has 0 bridgehead atoms. The van der Waals surface area contributed by atoms with Crippen LogP contribution in [0.5, 0.6) is 0 Å². The van der Waals surface area contributed by atoms with Crippen LogP contribution in [0.4, 0.5) is 5.69 Å². The Balaban J connectivity index is 2.19. The molecule has 18 heavy (non-hydrogen) atoms. The number of benzene rings is 1. The lowest BCUT2D eigenvalue weighted by Gasteiger charge is -2.13. The van der Waals surface area contributed by atoms with Crippen LogP contribution in [-0.2, 0) is 9.84 Å². The van der Waals surface area contributed by atoms with Gasteiger partial charge in [-0.1, -0.05) is 0 Å². The summed E-state index contributed by atoms with van der Waals surface area (Å²) in [5.74, 6) is -0.459. The smallest absolute Gasteiger partial charge is 0.408 e. The van der Waals surface area contributed by atoms with Gasteiger partial charge in [0.05, 0.1) is 11.3 Å². The molecule has 0 radical (unpaired) electrons. The minimum absolute atomic E-state index is 0.0486. The second-order valence-corrected chi connectivity index (χ2v) is 6.55. The Morgan fingerprint density at radius 2 is 2.17 bits per heavy atom. The number of H-pyrrole nitrogens is 1. The molecule has 1 aromatic heterocycles. The van der Waals surface area contributed by atoms with Crippen molar-refractivity contribution >= 4 is 26.6 Å². The summed E-state index contributed by atoms with van der Waals surface area (Å²) < 4.78 is 27.2. The summed E-state index contributed by atoms with van der Waals surface area (Å²) in [5.41, 5.74) is 1.79. The minimum Gasteiger partial charge on any atom is -0.408 e. The highest BCUT2D eigenvalue weighted by molar-refractivity contribution is 7.90. The summed E-state index contributed by atoms with van der Waals surface area (Å²) in [4.78, 5) is 13.5. The largest absolute Gasteiger partial charge is 0.417 e. The molecule has 0 aliphatic rings. The van der Waals surface area contributed by atoms with Crippen LogP contribution in [0.25, 0.3) is 11.1 Å². The second kappa shape index (κ2) is 4.49. The second-order valence-electron chi connectivity index (χ2n) is 4.36. The van der Waals surface area contributed by atoms with Gasteiger partial charge in [-0.2, -0.15) is 0 Å². The van der Waals surface area contributed by atoms with Crippen molar-refractivity contribution in [3.05, 3.63) is 28.7 Å². The number of fused-ring (bicyclic) bond motifs is 1. The van der Waals surface area contributed by atoms with E-state index in [4.69, 9.17) is 4.42 Å². The Morgan fingerprint density at radius 1 is 1.44 bits per heavy atom. The van der Waals surface area contributed by atoms with E-state index in [-0.39, 0.29) is 11.8 Å². The van der Waals surface area contributed by atoms with Crippen molar-refractivity contribution in [3.8, 4) is 0 Å². The third-order valence-electron chi connectivity index (χ3n) is 2.38. The van der Waals surface area contributed by atoms with E-state index in [1.165, 1.54) is 6.26 Å². The first-order valence-corrected chi connectivity index (χ1v) is 7.47. The summed E-state index contributed by atoms with van der Waals surface area (Å²) in [6.07, 6.45) is 1.20. The maximum absolute atomic E-state index is 11.1. The molecular weight excluding hydrogens is 256 g/mol. The number of hydrogen-bond acceptors (Lipinski definition) is 5. The molecule has 1 unspecified atom stereocenters. The number of anilines is 1. The molecule has 2 N–H and O–H groups in total. The molecule has 0 fully saturated rings. The van der Waals surface area contributed by atoms with E-state index in [0.717, 1.165) is 5.69 Å². The average molecular weight is 270 g/mol. The molecule has 1 atom stereocenters. The van der Waals surface area contributed by atoms with Crippen LogP contribution in [0.1, 0.15) is 6.92 Å². The molecule has 0 saturated carbocycles. The van der Waals surface area contributed by atoms with Gasteiger partial charge in [-0.25, -0.2) is 13.2 Å². The van der Waals surface area contributed by atoms with E-state index in [2.05, 4.69) is 10.3 Å². The maximum Gasteiger partial charge on any atom is 0.417 e. The highest BCUT2D eigenvalue weighted by Gasteiger charge is 2.10. The highest BCUT2D eigenvalue weighted by Crippen LogP contribution is 2.17. The lowest BCUT2D eigenvalue weighted by molar-refractivity contribution is 0.555. The first-order valence-electron chi connectivity index (χ1n) is 5.40. The molecule has 7 heteroatoms. The summed E-state index contributed by atoms with van der Waals surface area (Å²) in [7, 11) is -3.02. The molecule has 0 aliphatic carbocycles. The van der Waals surface area contributed by atoms with Crippen molar-refractivity contribution in [2.45, 2.75) is 13.0 Å². The molecule has 1 aromatic carbocycles. The average Bonchev–Trinajstić information content (AvgIpc) is 2.53. The third kappa shape index (κ3) is 3.13. The van der Waals surface area contributed by atoms with Gasteiger partial charge in [0.15, 0.2) is 5.58 Å². The van der Waals surface area contributed by atoms with Gasteiger partial charge >= 0.3 is 5.76 Å². The van der Waals surface area contributed by atoms with Crippen LogP contribution in [0.2, 0.25) is 0 Å². The Morgan fingerprint density at radius 3 is 2.83 bits per heavy atom. The van der Waals surface area contributed by atoms with Crippen molar-refractivity contribution in [2.75, 3.05) is 17.3 Å². The fourth-order valence-corrected chi connectivity index (χ4v) is 2.81. The van der Waals surface area contributed by atoms with Gasteiger partial charge < -0.3 is 9.73 Å². The zero-order valence-electron chi connectivity index (χ0n) is 10.1. The van der Waals surface area contributed by atoms with Gasteiger partial charge in [0, 0.05) is 18.0 Å². The Hall–Kier alpha value is -1.76. The SMILES string of the molecule is CC(CS(C)(=O)=O)Nc1ccc2oc(=O)[nH]c2c1. The fourth-order valence-electron chi connectivity index (χ4n) is 1.82. The van der Waals surface area contributed by atoms with Crippen LogP contribution in [0.15, 0.2) is 27.4 Å². The van der Waals surface area contributed by atoms with Crippen LogP contribution >= 0.6 is 0 Å². The molecule has 1 heterocycles. The van der Waals surface area contributed by atoms with E-state index >= 15 is 0 Å². The van der Waals surface area contributed by atoms with Gasteiger partial charge in [-0.3, -0.25) is 4.98 Å². The number of rotatable bonds is 4. The van der Waals surface area contributed by atoms with Crippen molar-refractivity contribution in [3.63, 3.8) is 0 Å². The zero-order valence-corrected chi connectivity index (χ0v) is 10.9. The number of sulfone groups is 1. The van der Waals surface area contributed by atoms with Crippen molar-refractivity contribution < 1.29 is 12.8 Å². The number of oxazole rings is 1. The Labute approximate surface area is 104 Å². The molecular formula is C11H14N2O4S. The predicted molar refractivity (Wildman–Crippen MR) is 69.6 cm³/mol. The summed E-state index contributed by atoms with van der Waals surface area (Å²) in [6.45, 7) is 1.78. The van der Waals surface area contributed by atoms with Gasteiger partial charge in [0.25, 0.3) is 0 Å². The number of nitrogens with one attached hydrogen (secondary N) is 2. The first-order chi connectivity index (χ1) is 8.33. The van der Waals surface area contributed by atoms with Crippen molar-refractivity contribution in [1.82, 2.24) is 4.98 Å². The topological polar surface area (TPSA) is 92.2 Å². The van der Waals surface area contributed by atoms with Crippen LogP contribution in [0.3, 0.4) is 0 Å². The van der Waals surface area contributed by atoms with E-state index in [0.29, 0.717) is 11.1 Å². The molecule has 0 saturated heterocycles. The van der Waals surface area contributed by atoms with Crippen LogP contribution < -0.4 is 11.1 Å². The van der Waals surface area contributed by atoms with Crippen LogP contribution in [0, 0.1) is 0 Å². The number of aromatic amines is 1. The van der Waals surface area contributed by atoms with Crippen molar-refractivity contribution in [1.29, 1.82) is 0 Å². The summed E-state index contributed by atoms with van der Waals surface area (Å²) in [6, 6.07) is 4.88. The molecule has 0 spiro atoms. The standard InChI is InChI=1S/C11H14N2O4S/c1-7(6-18(2,15)16)12-8-3-4-10-9(5-8)13-11(14)17-10/h3-5,7,12H,6H2,1-2H3,(H,13,14). The van der Waals surface area contributed by atoms with Gasteiger partial charge in [0.1, 0.15) is 9.84 Å². The predicted octanol–water partition coefficient (Wildman–Crippen LogP) is 0.966. The van der Waals surface area contributed by atoms with Crippen LogP contribution in [-0.4, -0.2) is 31.5 Å². The zero-order chi connectivity index (χ0) is 13.3. The quantitative estimate of drug-likeness (QED) is 0.863.